The Morgan fingerprint density at radius 3 is 2.58 bits per heavy atom. The summed E-state index contributed by atoms with van der Waals surface area (Å²) >= 11 is 6.16. The molecule has 0 N–H and O–H groups in total. The Hall–Kier alpha value is -1.61. The van der Waals surface area contributed by atoms with Crippen molar-refractivity contribution in [3.05, 3.63) is 51.3 Å². The van der Waals surface area contributed by atoms with Crippen LogP contribution in [0.5, 0.6) is 0 Å². The lowest BCUT2D eigenvalue weighted by Gasteiger charge is -2.07. The topological polar surface area (TPSA) is 34.9 Å². The van der Waals surface area contributed by atoms with Gasteiger partial charge in [0.15, 0.2) is 5.78 Å². The number of carbonyl (C=O) groups is 1. The first-order valence-electron chi connectivity index (χ1n) is 6.19. The lowest BCUT2D eigenvalue weighted by Crippen LogP contribution is -2.07. The molecule has 100 valence electrons. The first-order valence-corrected chi connectivity index (χ1v) is 6.57. The zero-order valence-electron chi connectivity index (χ0n) is 11.6. The predicted molar refractivity (Wildman–Crippen MR) is 76.9 cm³/mol. The highest BCUT2D eigenvalue weighted by atomic mass is 35.5. The molecular weight excluding hydrogens is 260 g/mol. The van der Waals surface area contributed by atoms with Gasteiger partial charge >= 0.3 is 0 Å². The van der Waals surface area contributed by atoms with Crippen LogP contribution in [-0.4, -0.2) is 15.6 Å². The van der Waals surface area contributed by atoms with E-state index < -0.39 is 0 Å². The van der Waals surface area contributed by atoms with Crippen LogP contribution in [0.1, 0.15) is 32.7 Å². The molecule has 0 fully saturated rings. The van der Waals surface area contributed by atoms with Gasteiger partial charge < -0.3 is 0 Å². The van der Waals surface area contributed by atoms with E-state index in [0.717, 1.165) is 27.9 Å². The lowest BCUT2D eigenvalue weighted by molar-refractivity contribution is 0.0992. The number of carbonyl (C=O) groups excluding carboxylic acids is 1. The number of nitrogens with zero attached hydrogens (tertiary/aromatic N) is 2. The van der Waals surface area contributed by atoms with Crippen LogP contribution < -0.4 is 0 Å². The van der Waals surface area contributed by atoms with Gasteiger partial charge in [-0.25, -0.2) is 0 Å². The summed E-state index contributed by atoms with van der Waals surface area (Å²) in [4.78, 5) is 12.4. The Bertz CT molecular complexity index is 644. The van der Waals surface area contributed by atoms with Gasteiger partial charge in [0, 0.05) is 24.6 Å². The maximum atomic E-state index is 12.4. The minimum Gasteiger partial charge on any atom is -0.294 e. The van der Waals surface area contributed by atoms with Gasteiger partial charge in [0.25, 0.3) is 0 Å². The molecule has 0 saturated carbocycles. The summed E-state index contributed by atoms with van der Waals surface area (Å²) in [6.45, 7) is 5.85. The third-order valence-electron chi connectivity index (χ3n) is 3.51. The highest BCUT2D eigenvalue weighted by Crippen LogP contribution is 2.22. The second-order valence-corrected chi connectivity index (χ2v) is 5.18. The number of halogens is 1. The lowest BCUT2D eigenvalue weighted by atomic mass is 9.97. The number of hydrogen-bond acceptors (Lipinski definition) is 2. The van der Waals surface area contributed by atoms with Crippen molar-refractivity contribution < 1.29 is 4.79 Å². The van der Waals surface area contributed by atoms with Crippen molar-refractivity contribution in [2.75, 3.05) is 0 Å². The summed E-state index contributed by atoms with van der Waals surface area (Å²) < 4.78 is 1.60. The third-order valence-corrected chi connectivity index (χ3v) is 3.98. The molecule has 3 nitrogen and oxygen atoms in total. The van der Waals surface area contributed by atoms with E-state index in [2.05, 4.69) is 5.10 Å². The third kappa shape index (κ3) is 2.56. The molecule has 0 amide bonds. The van der Waals surface area contributed by atoms with Crippen molar-refractivity contribution in [2.45, 2.75) is 27.2 Å². The Morgan fingerprint density at radius 1 is 1.32 bits per heavy atom. The molecule has 1 aromatic carbocycles. The smallest absolute Gasteiger partial charge is 0.167 e. The average Bonchev–Trinajstić information content (AvgIpc) is 2.59. The van der Waals surface area contributed by atoms with E-state index in [1.165, 1.54) is 0 Å². The van der Waals surface area contributed by atoms with Crippen molar-refractivity contribution in [3.63, 3.8) is 0 Å². The highest BCUT2D eigenvalue weighted by Gasteiger charge is 2.17. The van der Waals surface area contributed by atoms with E-state index in [1.807, 2.05) is 39.0 Å². The van der Waals surface area contributed by atoms with Gasteiger partial charge in [0.2, 0.25) is 0 Å². The first kappa shape index (κ1) is 13.8. The van der Waals surface area contributed by atoms with Crippen LogP contribution in [0.3, 0.4) is 0 Å². The zero-order valence-corrected chi connectivity index (χ0v) is 12.4. The summed E-state index contributed by atoms with van der Waals surface area (Å²) in [5, 5.41) is 4.77. The molecule has 4 heteroatoms. The van der Waals surface area contributed by atoms with Gasteiger partial charge in [-0.15, -0.1) is 0 Å². The van der Waals surface area contributed by atoms with Crippen LogP contribution in [0.25, 0.3) is 0 Å². The van der Waals surface area contributed by atoms with Crippen LogP contribution in [0.4, 0.5) is 0 Å². The van der Waals surface area contributed by atoms with Crippen molar-refractivity contribution >= 4 is 17.4 Å². The number of benzene rings is 1. The molecule has 0 aliphatic carbocycles. The van der Waals surface area contributed by atoms with E-state index in [4.69, 9.17) is 11.6 Å². The molecule has 0 bridgehead atoms. The number of hydrogen-bond donors (Lipinski definition) is 0. The Labute approximate surface area is 118 Å². The molecule has 1 aromatic heterocycles. The van der Waals surface area contributed by atoms with E-state index in [9.17, 15) is 4.79 Å². The maximum Gasteiger partial charge on any atom is 0.167 e. The second-order valence-electron chi connectivity index (χ2n) is 4.83. The maximum absolute atomic E-state index is 12.4. The normalized spacial score (nSPS) is 10.8. The fourth-order valence-corrected chi connectivity index (χ4v) is 2.43. The SMILES string of the molecule is Cc1cccc(C(=O)Cc2c(C)nn(C)c2Cl)c1C. The Kier molecular flexibility index (Phi) is 3.76. The fourth-order valence-electron chi connectivity index (χ4n) is 2.18. The van der Waals surface area contributed by atoms with E-state index in [-0.39, 0.29) is 5.78 Å². The molecule has 1 heterocycles. The van der Waals surface area contributed by atoms with E-state index in [1.54, 1.807) is 11.7 Å². The molecule has 2 aromatic rings. The minimum absolute atomic E-state index is 0.0826. The van der Waals surface area contributed by atoms with Gasteiger partial charge in [0.1, 0.15) is 5.15 Å². The zero-order chi connectivity index (χ0) is 14.2. The summed E-state index contributed by atoms with van der Waals surface area (Å²) in [5.41, 5.74) is 4.55. The van der Waals surface area contributed by atoms with Crippen molar-refractivity contribution in [2.24, 2.45) is 7.05 Å². The van der Waals surface area contributed by atoms with Crippen LogP contribution in [0.15, 0.2) is 18.2 Å². The van der Waals surface area contributed by atoms with Gasteiger partial charge in [-0.2, -0.15) is 5.10 Å². The highest BCUT2D eigenvalue weighted by molar-refractivity contribution is 6.30. The Balaban J connectivity index is 2.34. The van der Waals surface area contributed by atoms with Crippen LogP contribution in [0, 0.1) is 20.8 Å². The quantitative estimate of drug-likeness (QED) is 0.805. The average molecular weight is 277 g/mol. The minimum atomic E-state index is 0.0826. The number of aromatic nitrogens is 2. The molecule has 0 atom stereocenters. The van der Waals surface area contributed by atoms with Gasteiger partial charge in [-0.1, -0.05) is 29.8 Å². The van der Waals surface area contributed by atoms with Crippen LogP contribution in [-0.2, 0) is 13.5 Å². The van der Waals surface area contributed by atoms with Crippen molar-refractivity contribution in [1.29, 1.82) is 0 Å². The Morgan fingerprint density at radius 2 is 2.00 bits per heavy atom. The first-order chi connectivity index (χ1) is 8.91. The molecule has 0 radical (unpaired) electrons. The van der Waals surface area contributed by atoms with E-state index >= 15 is 0 Å². The summed E-state index contributed by atoms with van der Waals surface area (Å²) in [6.07, 6.45) is 0.294. The standard InChI is InChI=1S/C15H17ClN2O/c1-9-6-5-7-12(10(9)2)14(19)8-13-11(3)17-18(4)15(13)16/h5-7H,8H2,1-4H3. The fraction of sp³-hybridized carbons (Fsp3) is 0.333. The summed E-state index contributed by atoms with van der Waals surface area (Å²) in [5.74, 6) is 0.0826. The molecule has 0 spiro atoms. The summed E-state index contributed by atoms with van der Waals surface area (Å²) in [6, 6.07) is 5.78. The molecular formula is C15H17ClN2O. The number of ketones is 1. The van der Waals surface area contributed by atoms with Gasteiger partial charge in [0.05, 0.1) is 5.69 Å². The van der Waals surface area contributed by atoms with E-state index in [0.29, 0.717) is 11.6 Å². The van der Waals surface area contributed by atoms with Crippen molar-refractivity contribution in [1.82, 2.24) is 9.78 Å². The largest absolute Gasteiger partial charge is 0.294 e. The molecule has 2 rings (SSSR count). The second kappa shape index (κ2) is 5.17. The van der Waals surface area contributed by atoms with Crippen LogP contribution >= 0.6 is 11.6 Å². The molecule has 0 saturated heterocycles. The monoisotopic (exact) mass is 276 g/mol. The van der Waals surface area contributed by atoms with Gasteiger partial charge in [-0.05, 0) is 31.9 Å². The molecule has 0 aliphatic heterocycles. The van der Waals surface area contributed by atoms with Gasteiger partial charge in [-0.3, -0.25) is 9.48 Å². The predicted octanol–water partition coefficient (Wildman–Crippen LogP) is 3.42. The molecule has 0 unspecified atom stereocenters. The summed E-state index contributed by atoms with van der Waals surface area (Å²) in [7, 11) is 1.78. The molecule has 0 aliphatic rings. The molecule has 19 heavy (non-hydrogen) atoms. The van der Waals surface area contributed by atoms with Crippen molar-refractivity contribution in [3.8, 4) is 0 Å². The number of aryl methyl sites for hydroxylation is 3. The number of rotatable bonds is 3. The number of Topliss-reactive ketones (excluding diaryl/α,β-unsaturated/α-hetero) is 1. The van der Waals surface area contributed by atoms with Crippen LogP contribution in [0.2, 0.25) is 5.15 Å².